The maximum Gasteiger partial charge on any atom is 0.244 e. The molecule has 0 atom stereocenters. The summed E-state index contributed by atoms with van der Waals surface area (Å²) in [6, 6.07) is 19.3. The first-order chi connectivity index (χ1) is 17.0. The standard InChI is InChI=1S/C29H29NO5/c1-5-34-27-16-28-24(25(18-35-28)22-8-6-7-9-26(22)33-4)15-23(27)19(2)14-29(31)30-17-20-10-12-21(32-3)13-11-20/h6-16,18H,5,17H2,1-4H3,(H,30,31)/b19-14+. The van der Waals surface area contributed by atoms with Crippen molar-refractivity contribution in [3.05, 3.63) is 84.1 Å². The largest absolute Gasteiger partial charge is 0.497 e. The van der Waals surface area contributed by atoms with Crippen LogP contribution in [0, 0.1) is 0 Å². The molecule has 6 nitrogen and oxygen atoms in total. The molecule has 0 saturated carbocycles. The van der Waals surface area contributed by atoms with Crippen LogP contribution in [0.25, 0.3) is 27.7 Å². The molecule has 0 spiro atoms. The zero-order valence-corrected chi connectivity index (χ0v) is 20.4. The van der Waals surface area contributed by atoms with Gasteiger partial charge in [-0.25, -0.2) is 0 Å². The van der Waals surface area contributed by atoms with Crippen LogP contribution in [-0.4, -0.2) is 26.7 Å². The SMILES string of the molecule is CCOc1cc2occ(-c3ccccc3OC)c2cc1/C(C)=C/C(=O)NCc1ccc(OC)cc1. The fourth-order valence-electron chi connectivity index (χ4n) is 3.97. The van der Waals surface area contributed by atoms with Crippen LogP contribution in [0.1, 0.15) is 25.0 Å². The summed E-state index contributed by atoms with van der Waals surface area (Å²) in [5.41, 5.74) is 5.16. The van der Waals surface area contributed by atoms with E-state index in [-0.39, 0.29) is 5.91 Å². The van der Waals surface area contributed by atoms with Crippen LogP contribution in [0.3, 0.4) is 0 Å². The number of carbonyl (C=O) groups is 1. The fourth-order valence-corrected chi connectivity index (χ4v) is 3.97. The lowest BCUT2D eigenvalue weighted by Crippen LogP contribution is -2.20. The van der Waals surface area contributed by atoms with Crippen molar-refractivity contribution in [3.63, 3.8) is 0 Å². The van der Waals surface area contributed by atoms with E-state index in [9.17, 15) is 4.79 Å². The summed E-state index contributed by atoms with van der Waals surface area (Å²) in [5.74, 6) is 2.02. The topological polar surface area (TPSA) is 69.9 Å². The molecule has 1 amide bonds. The van der Waals surface area contributed by atoms with Crippen molar-refractivity contribution < 1.29 is 23.4 Å². The van der Waals surface area contributed by atoms with Crippen molar-refractivity contribution in [3.8, 4) is 28.4 Å². The third kappa shape index (κ3) is 5.32. The second-order valence-corrected chi connectivity index (χ2v) is 8.02. The van der Waals surface area contributed by atoms with Gasteiger partial charge in [0.25, 0.3) is 0 Å². The van der Waals surface area contributed by atoms with Gasteiger partial charge < -0.3 is 23.9 Å². The Bertz CT molecular complexity index is 1350. The minimum Gasteiger partial charge on any atom is -0.497 e. The van der Waals surface area contributed by atoms with Crippen molar-refractivity contribution in [2.24, 2.45) is 0 Å². The monoisotopic (exact) mass is 471 g/mol. The van der Waals surface area contributed by atoms with Gasteiger partial charge >= 0.3 is 0 Å². The van der Waals surface area contributed by atoms with E-state index < -0.39 is 0 Å². The highest BCUT2D eigenvalue weighted by Gasteiger charge is 2.17. The van der Waals surface area contributed by atoms with E-state index in [2.05, 4.69) is 5.32 Å². The highest BCUT2D eigenvalue weighted by Crippen LogP contribution is 2.40. The molecule has 0 saturated heterocycles. The number of para-hydroxylation sites is 1. The van der Waals surface area contributed by atoms with Crippen molar-refractivity contribution in [1.82, 2.24) is 5.32 Å². The number of carbonyl (C=O) groups excluding carboxylic acids is 1. The Balaban J connectivity index is 1.64. The van der Waals surface area contributed by atoms with Gasteiger partial charge in [-0.15, -0.1) is 0 Å². The smallest absolute Gasteiger partial charge is 0.244 e. The summed E-state index contributed by atoms with van der Waals surface area (Å²) >= 11 is 0. The maximum atomic E-state index is 12.7. The molecular formula is C29H29NO5. The number of benzene rings is 3. The predicted molar refractivity (Wildman–Crippen MR) is 138 cm³/mol. The molecule has 0 bridgehead atoms. The zero-order valence-electron chi connectivity index (χ0n) is 20.4. The Morgan fingerprint density at radius 1 is 0.971 bits per heavy atom. The molecule has 1 aromatic heterocycles. The lowest BCUT2D eigenvalue weighted by Gasteiger charge is -2.12. The average molecular weight is 472 g/mol. The Morgan fingerprint density at radius 3 is 2.46 bits per heavy atom. The van der Waals surface area contributed by atoms with E-state index in [1.165, 1.54) is 0 Å². The number of methoxy groups -OCH3 is 2. The second kappa shape index (κ2) is 10.8. The minimum absolute atomic E-state index is 0.182. The van der Waals surface area contributed by atoms with E-state index in [0.29, 0.717) is 24.5 Å². The lowest BCUT2D eigenvalue weighted by molar-refractivity contribution is -0.116. The molecule has 4 aromatic rings. The molecule has 1 heterocycles. The van der Waals surface area contributed by atoms with Gasteiger partial charge in [0.15, 0.2) is 0 Å². The molecule has 6 heteroatoms. The quantitative estimate of drug-likeness (QED) is 0.293. The van der Waals surface area contributed by atoms with E-state index in [1.807, 2.05) is 74.5 Å². The van der Waals surface area contributed by atoms with Crippen LogP contribution >= 0.6 is 0 Å². The zero-order chi connectivity index (χ0) is 24.8. The Hall–Kier alpha value is -4.19. The lowest BCUT2D eigenvalue weighted by atomic mass is 9.98. The van der Waals surface area contributed by atoms with Gasteiger partial charge in [0.2, 0.25) is 5.91 Å². The number of rotatable bonds is 9. The van der Waals surface area contributed by atoms with E-state index in [0.717, 1.165) is 44.7 Å². The fraction of sp³-hybridized carbons (Fsp3) is 0.207. The van der Waals surface area contributed by atoms with Crippen LogP contribution in [0.4, 0.5) is 0 Å². The number of hydrogen-bond acceptors (Lipinski definition) is 5. The summed E-state index contributed by atoms with van der Waals surface area (Å²) in [5, 5.41) is 3.86. The number of fused-ring (bicyclic) bond motifs is 1. The van der Waals surface area contributed by atoms with Gasteiger partial charge in [-0.1, -0.05) is 30.3 Å². The number of hydrogen-bond donors (Lipinski definition) is 1. The van der Waals surface area contributed by atoms with Crippen LogP contribution < -0.4 is 19.5 Å². The highest BCUT2D eigenvalue weighted by molar-refractivity contribution is 6.01. The Labute approximate surface area is 205 Å². The molecule has 0 aliphatic carbocycles. The average Bonchev–Trinajstić information content (AvgIpc) is 3.30. The first-order valence-corrected chi connectivity index (χ1v) is 11.4. The van der Waals surface area contributed by atoms with Gasteiger partial charge in [-0.05, 0) is 49.2 Å². The summed E-state index contributed by atoms with van der Waals surface area (Å²) < 4.78 is 22.5. The molecule has 0 unspecified atom stereocenters. The molecule has 35 heavy (non-hydrogen) atoms. The predicted octanol–water partition coefficient (Wildman–Crippen LogP) is 6.24. The summed E-state index contributed by atoms with van der Waals surface area (Å²) in [4.78, 5) is 12.7. The first-order valence-electron chi connectivity index (χ1n) is 11.4. The van der Waals surface area contributed by atoms with Crippen LogP contribution in [0.2, 0.25) is 0 Å². The maximum absolute atomic E-state index is 12.7. The van der Waals surface area contributed by atoms with E-state index >= 15 is 0 Å². The second-order valence-electron chi connectivity index (χ2n) is 8.02. The van der Waals surface area contributed by atoms with Gasteiger partial charge in [-0.3, -0.25) is 4.79 Å². The number of amides is 1. The van der Waals surface area contributed by atoms with Crippen molar-refractivity contribution in [1.29, 1.82) is 0 Å². The summed E-state index contributed by atoms with van der Waals surface area (Å²) in [7, 11) is 3.28. The van der Waals surface area contributed by atoms with Crippen LogP contribution in [0.5, 0.6) is 17.2 Å². The molecule has 0 fully saturated rings. The Morgan fingerprint density at radius 2 is 1.74 bits per heavy atom. The van der Waals surface area contributed by atoms with Crippen molar-refractivity contribution in [2.75, 3.05) is 20.8 Å². The molecule has 4 rings (SSSR count). The molecule has 0 aliphatic heterocycles. The normalized spacial score (nSPS) is 11.4. The van der Waals surface area contributed by atoms with Gasteiger partial charge in [-0.2, -0.15) is 0 Å². The summed E-state index contributed by atoms with van der Waals surface area (Å²) in [6.45, 7) is 4.75. The molecule has 0 aliphatic rings. The third-order valence-corrected chi connectivity index (χ3v) is 5.77. The van der Waals surface area contributed by atoms with Gasteiger partial charge in [0, 0.05) is 40.8 Å². The first kappa shape index (κ1) is 24.0. The van der Waals surface area contributed by atoms with E-state index in [4.69, 9.17) is 18.6 Å². The molecule has 1 N–H and O–H groups in total. The van der Waals surface area contributed by atoms with Crippen LogP contribution in [-0.2, 0) is 11.3 Å². The van der Waals surface area contributed by atoms with Gasteiger partial charge in [0.05, 0.1) is 27.1 Å². The van der Waals surface area contributed by atoms with E-state index in [1.54, 1.807) is 26.6 Å². The summed E-state index contributed by atoms with van der Waals surface area (Å²) in [6.07, 6.45) is 3.32. The Kier molecular flexibility index (Phi) is 7.41. The molecule has 0 radical (unpaired) electrons. The number of allylic oxidation sites excluding steroid dienone is 1. The third-order valence-electron chi connectivity index (χ3n) is 5.77. The number of nitrogens with one attached hydrogen (secondary N) is 1. The van der Waals surface area contributed by atoms with Crippen molar-refractivity contribution in [2.45, 2.75) is 20.4 Å². The van der Waals surface area contributed by atoms with Crippen molar-refractivity contribution >= 4 is 22.4 Å². The number of ether oxygens (including phenoxy) is 3. The van der Waals surface area contributed by atoms with Crippen LogP contribution in [0.15, 0.2) is 77.4 Å². The van der Waals surface area contributed by atoms with Gasteiger partial charge in [0.1, 0.15) is 22.8 Å². The molecular weight excluding hydrogens is 442 g/mol. The molecule has 3 aromatic carbocycles. The number of furan rings is 1. The minimum atomic E-state index is -0.182. The molecule has 180 valence electrons. The highest BCUT2D eigenvalue weighted by atomic mass is 16.5.